The second-order valence-corrected chi connectivity index (χ2v) is 7.32. The molecule has 25 heavy (non-hydrogen) atoms. The molecule has 130 valence electrons. The van der Waals surface area contributed by atoms with Crippen LogP contribution in [0.5, 0.6) is 0 Å². The van der Waals surface area contributed by atoms with E-state index in [0.717, 1.165) is 42.2 Å². The number of β-amino-alcohol motifs (C(OH)–C–C–N with tert-alkyl or cyclic N) is 1. The van der Waals surface area contributed by atoms with Crippen LogP contribution in [-0.4, -0.2) is 40.0 Å². The normalized spacial score (nSPS) is 20.1. The highest BCUT2D eigenvalue weighted by Gasteiger charge is 2.26. The van der Waals surface area contributed by atoms with Gasteiger partial charge in [0.2, 0.25) is 0 Å². The average molecular weight is 357 g/mol. The molecule has 5 heteroatoms. The molecule has 0 unspecified atom stereocenters. The van der Waals surface area contributed by atoms with Crippen molar-refractivity contribution in [3.05, 3.63) is 69.7 Å². The van der Waals surface area contributed by atoms with Crippen molar-refractivity contribution < 1.29 is 9.90 Å². The lowest BCUT2D eigenvalue weighted by Gasteiger charge is -2.17. The van der Waals surface area contributed by atoms with Crippen LogP contribution in [0.1, 0.15) is 33.5 Å². The molecule has 4 nitrogen and oxygen atoms in total. The van der Waals surface area contributed by atoms with E-state index in [4.69, 9.17) is 11.6 Å². The van der Waals surface area contributed by atoms with Crippen molar-refractivity contribution in [2.75, 3.05) is 13.1 Å². The number of aliphatic hydroxyl groups is 1. The van der Waals surface area contributed by atoms with Gasteiger partial charge in [0.05, 0.1) is 6.10 Å². The summed E-state index contributed by atoms with van der Waals surface area (Å²) in [4.78, 5) is 16.8. The number of benzene rings is 2. The summed E-state index contributed by atoms with van der Waals surface area (Å²) in [6.45, 7) is 3.65. The maximum absolute atomic E-state index is 12.8. The van der Waals surface area contributed by atoms with Crippen molar-refractivity contribution >= 4 is 17.5 Å². The fourth-order valence-corrected chi connectivity index (χ4v) is 3.93. The molecular weight excluding hydrogens is 336 g/mol. The maximum atomic E-state index is 12.8. The molecule has 1 N–H and O–H groups in total. The summed E-state index contributed by atoms with van der Waals surface area (Å²) in [6, 6.07) is 13.6. The minimum absolute atomic E-state index is 0.0374. The van der Waals surface area contributed by atoms with E-state index < -0.39 is 0 Å². The molecule has 1 amide bonds. The van der Waals surface area contributed by atoms with E-state index in [2.05, 4.69) is 4.90 Å². The molecular formula is C20H21ClN2O2. The molecule has 2 aromatic rings. The molecule has 2 heterocycles. The second-order valence-electron chi connectivity index (χ2n) is 6.91. The number of halogens is 1. The lowest BCUT2D eigenvalue weighted by atomic mass is 10.1. The number of carbonyl (C=O) groups is 1. The van der Waals surface area contributed by atoms with Crippen LogP contribution in [0, 0.1) is 0 Å². The van der Waals surface area contributed by atoms with Gasteiger partial charge in [0.15, 0.2) is 0 Å². The van der Waals surface area contributed by atoms with E-state index in [1.807, 2.05) is 47.4 Å². The number of carbonyl (C=O) groups excluding carboxylic acids is 1. The first-order chi connectivity index (χ1) is 12.1. The van der Waals surface area contributed by atoms with E-state index in [-0.39, 0.29) is 12.0 Å². The third-order valence-electron chi connectivity index (χ3n) is 5.07. The van der Waals surface area contributed by atoms with Gasteiger partial charge < -0.3 is 10.0 Å². The number of hydrogen-bond donors (Lipinski definition) is 1. The number of fused-ring (bicyclic) bond motifs is 1. The second kappa shape index (κ2) is 6.79. The van der Waals surface area contributed by atoms with Gasteiger partial charge in [-0.2, -0.15) is 0 Å². The molecule has 1 atom stereocenters. The van der Waals surface area contributed by atoms with Crippen LogP contribution in [-0.2, 0) is 19.6 Å². The van der Waals surface area contributed by atoms with E-state index in [0.29, 0.717) is 18.7 Å². The van der Waals surface area contributed by atoms with E-state index >= 15 is 0 Å². The molecule has 1 fully saturated rings. The lowest BCUT2D eigenvalue weighted by molar-refractivity contribution is 0.0751. The molecule has 2 aliphatic heterocycles. The summed E-state index contributed by atoms with van der Waals surface area (Å²) >= 11 is 6.24. The minimum atomic E-state index is -0.204. The summed E-state index contributed by atoms with van der Waals surface area (Å²) in [5.74, 6) is 0.0374. The Kier molecular flexibility index (Phi) is 4.50. The Labute approximate surface area is 152 Å². The average Bonchev–Trinajstić information content (AvgIpc) is 3.22. The Hall–Kier alpha value is -1.88. The summed E-state index contributed by atoms with van der Waals surface area (Å²) in [5, 5.41) is 10.3. The van der Waals surface area contributed by atoms with Crippen molar-refractivity contribution in [2.24, 2.45) is 0 Å². The van der Waals surface area contributed by atoms with Gasteiger partial charge in [-0.05, 0) is 41.3 Å². The quantitative estimate of drug-likeness (QED) is 0.919. The van der Waals surface area contributed by atoms with Crippen LogP contribution in [0.2, 0.25) is 5.02 Å². The third-order valence-corrected chi connectivity index (χ3v) is 5.42. The van der Waals surface area contributed by atoms with Gasteiger partial charge in [-0.25, -0.2) is 0 Å². The number of likely N-dealkylation sites (tertiary alicyclic amines) is 1. The third kappa shape index (κ3) is 3.43. The fraction of sp³-hybridized carbons (Fsp3) is 0.350. The SMILES string of the molecule is O=C(c1ccc(CN2CC[C@@H](O)C2)cc1)N1Cc2cccc(Cl)c2C1. The Morgan fingerprint density at radius 1 is 1.16 bits per heavy atom. The fourth-order valence-electron chi connectivity index (χ4n) is 3.67. The Bertz CT molecular complexity index is 791. The zero-order valence-corrected chi connectivity index (χ0v) is 14.7. The van der Waals surface area contributed by atoms with Gasteiger partial charge in [0, 0.05) is 43.3 Å². The summed E-state index contributed by atoms with van der Waals surface area (Å²) in [7, 11) is 0. The number of amides is 1. The molecule has 2 aromatic carbocycles. The number of nitrogens with zero attached hydrogens (tertiary/aromatic N) is 2. The summed E-state index contributed by atoms with van der Waals surface area (Å²) < 4.78 is 0. The number of aliphatic hydroxyl groups excluding tert-OH is 1. The highest BCUT2D eigenvalue weighted by molar-refractivity contribution is 6.31. The van der Waals surface area contributed by atoms with Gasteiger partial charge in [-0.15, -0.1) is 0 Å². The molecule has 2 aliphatic rings. The molecule has 0 spiro atoms. The molecule has 0 bridgehead atoms. The van der Waals surface area contributed by atoms with Crippen molar-refractivity contribution in [1.82, 2.24) is 9.80 Å². The molecule has 0 radical (unpaired) electrons. The first-order valence-electron chi connectivity index (χ1n) is 8.65. The molecule has 0 aliphatic carbocycles. The highest BCUT2D eigenvalue weighted by Crippen LogP contribution is 2.30. The minimum Gasteiger partial charge on any atom is -0.392 e. The smallest absolute Gasteiger partial charge is 0.254 e. The predicted molar refractivity (Wildman–Crippen MR) is 97.4 cm³/mol. The first-order valence-corrected chi connectivity index (χ1v) is 9.03. The Morgan fingerprint density at radius 3 is 2.64 bits per heavy atom. The lowest BCUT2D eigenvalue weighted by Crippen LogP contribution is -2.25. The molecule has 0 aromatic heterocycles. The van der Waals surface area contributed by atoms with E-state index in [1.54, 1.807) is 0 Å². The standard InChI is InChI=1S/C20H21ClN2O2/c21-19-3-1-2-16-11-23(13-18(16)19)20(25)15-6-4-14(5-7-15)10-22-9-8-17(24)12-22/h1-7,17,24H,8-13H2/t17-/m1/s1. The monoisotopic (exact) mass is 356 g/mol. The topological polar surface area (TPSA) is 43.8 Å². The zero-order valence-electron chi connectivity index (χ0n) is 14.0. The van der Waals surface area contributed by atoms with Gasteiger partial charge in [0.25, 0.3) is 5.91 Å². The molecule has 0 saturated carbocycles. The van der Waals surface area contributed by atoms with Gasteiger partial charge in [-0.1, -0.05) is 35.9 Å². The largest absolute Gasteiger partial charge is 0.392 e. The van der Waals surface area contributed by atoms with Gasteiger partial charge in [0.1, 0.15) is 0 Å². The highest BCUT2D eigenvalue weighted by atomic mass is 35.5. The molecule has 1 saturated heterocycles. The van der Waals surface area contributed by atoms with Crippen LogP contribution < -0.4 is 0 Å². The van der Waals surface area contributed by atoms with E-state index in [9.17, 15) is 9.90 Å². The summed E-state index contributed by atoms with van der Waals surface area (Å²) in [6.07, 6.45) is 0.638. The van der Waals surface area contributed by atoms with Crippen molar-refractivity contribution in [3.8, 4) is 0 Å². The Morgan fingerprint density at radius 2 is 1.96 bits per heavy atom. The van der Waals surface area contributed by atoms with Crippen molar-refractivity contribution in [2.45, 2.75) is 32.2 Å². The van der Waals surface area contributed by atoms with Crippen LogP contribution in [0.25, 0.3) is 0 Å². The van der Waals surface area contributed by atoms with Crippen LogP contribution in [0.15, 0.2) is 42.5 Å². The number of hydrogen-bond acceptors (Lipinski definition) is 3. The van der Waals surface area contributed by atoms with Crippen LogP contribution >= 0.6 is 11.6 Å². The zero-order chi connectivity index (χ0) is 17.4. The summed E-state index contributed by atoms with van der Waals surface area (Å²) in [5.41, 5.74) is 4.05. The van der Waals surface area contributed by atoms with Crippen molar-refractivity contribution in [1.29, 1.82) is 0 Å². The van der Waals surface area contributed by atoms with Gasteiger partial charge >= 0.3 is 0 Å². The van der Waals surface area contributed by atoms with Crippen LogP contribution in [0.4, 0.5) is 0 Å². The molecule has 4 rings (SSSR count). The maximum Gasteiger partial charge on any atom is 0.254 e. The number of rotatable bonds is 3. The van der Waals surface area contributed by atoms with Crippen LogP contribution in [0.3, 0.4) is 0 Å². The Balaban J connectivity index is 1.42. The van der Waals surface area contributed by atoms with Crippen molar-refractivity contribution in [3.63, 3.8) is 0 Å². The first kappa shape index (κ1) is 16.6. The van der Waals surface area contributed by atoms with Gasteiger partial charge in [-0.3, -0.25) is 9.69 Å². The predicted octanol–water partition coefficient (Wildman–Crippen LogP) is 3.06. The van der Waals surface area contributed by atoms with E-state index in [1.165, 1.54) is 5.56 Å².